The Labute approximate surface area is 114 Å². The van der Waals surface area contributed by atoms with Gasteiger partial charge in [0, 0.05) is 17.2 Å². The van der Waals surface area contributed by atoms with Crippen LogP contribution in [-0.4, -0.2) is 17.6 Å². The molecule has 3 heteroatoms. The molecule has 0 bridgehead atoms. The summed E-state index contributed by atoms with van der Waals surface area (Å²) in [6, 6.07) is 5.71. The lowest BCUT2D eigenvalue weighted by atomic mass is 10.1. The molecule has 100 valence electrons. The van der Waals surface area contributed by atoms with Crippen LogP contribution >= 0.6 is 0 Å². The van der Waals surface area contributed by atoms with E-state index in [9.17, 15) is 4.79 Å². The Balaban J connectivity index is 2.10. The van der Waals surface area contributed by atoms with Crippen molar-refractivity contribution in [1.29, 1.82) is 0 Å². The van der Waals surface area contributed by atoms with E-state index in [1.807, 2.05) is 32.0 Å². The highest BCUT2D eigenvalue weighted by molar-refractivity contribution is 5.93. The first-order valence-corrected chi connectivity index (χ1v) is 6.62. The lowest BCUT2D eigenvalue weighted by Crippen LogP contribution is -2.21. The molecule has 0 heterocycles. The number of amides is 1. The van der Waals surface area contributed by atoms with Crippen molar-refractivity contribution >= 4 is 11.6 Å². The molecule has 0 saturated heterocycles. The number of rotatable bonds is 3. The quantitative estimate of drug-likeness (QED) is 0.816. The fourth-order valence-corrected chi connectivity index (χ4v) is 2.14. The Morgan fingerprint density at radius 1 is 1.47 bits per heavy atom. The van der Waals surface area contributed by atoms with Crippen molar-refractivity contribution in [3.8, 4) is 11.8 Å². The van der Waals surface area contributed by atoms with Crippen LogP contribution < -0.4 is 5.32 Å². The fraction of sp³-hybridized carbons (Fsp3) is 0.438. The van der Waals surface area contributed by atoms with Crippen molar-refractivity contribution < 1.29 is 9.90 Å². The number of hydrogen-bond donors (Lipinski definition) is 2. The molecule has 1 saturated carbocycles. The van der Waals surface area contributed by atoms with Gasteiger partial charge in [-0.3, -0.25) is 4.79 Å². The van der Waals surface area contributed by atoms with E-state index >= 15 is 0 Å². The zero-order valence-electron chi connectivity index (χ0n) is 11.4. The number of carbonyl (C=O) groups is 1. The minimum absolute atomic E-state index is 0.0764. The van der Waals surface area contributed by atoms with E-state index in [1.165, 1.54) is 0 Å². The van der Waals surface area contributed by atoms with Crippen molar-refractivity contribution in [3.05, 3.63) is 29.3 Å². The standard InChI is InChI=1S/C16H19NO2/c1-11-8-13(4-3-7-18)10-15(9-11)17-16(19)12(2)14-5-6-14/h8-10,12,14,18H,5-7H2,1-2H3,(H,17,19). The highest BCUT2D eigenvalue weighted by Crippen LogP contribution is 2.37. The van der Waals surface area contributed by atoms with Gasteiger partial charge in [0.25, 0.3) is 0 Å². The van der Waals surface area contributed by atoms with Gasteiger partial charge in [0.1, 0.15) is 6.61 Å². The maximum absolute atomic E-state index is 12.0. The normalized spacial score (nSPS) is 15.3. The molecule has 3 nitrogen and oxygen atoms in total. The largest absolute Gasteiger partial charge is 0.384 e. The summed E-state index contributed by atoms with van der Waals surface area (Å²) < 4.78 is 0. The van der Waals surface area contributed by atoms with E-state index in [0.717, 1.165) is 29.7 Å². The SMILES string of the molecule is Cc1cc(C#CCO)cc(NC(=O)C(C)C2CC2)c1. The lowest BCUT2D eigenvalue weighted by molar-refractivity contribution is -0.119. The molecule has 1 atom stereocenters. The molecule has 0 spiro atoms. The monoisotopic (exact) mass is 257 g/mol. The Morgan fingerprint density at radius 3 is 2.84 bits per heavy atom. The van der Waals surface area contributed by atoms with Crippen molar-refractivity contribution in [2.24, 2.45) is 11.8 Å². The molecule has 19 heavy (non-hydrogen) atoms. The smallest absolute Gasteiger partial charge is 0.227 e. The van der Waals surface area contributed by atoms with Crippen LogP contribution in [0.25, 0.3) is 0 Å². The molecule has 2 rings (SSSR count). The number of aliphatic hydroxyl groups is 1. The molecule has 1 aliphatic rings. The Kier molecular flexibility index (Phi) is 4.24. The van der Waals surface area contributed by atoms with E-state index in [-0.39, 0.29) is 18.4 Å². The second-order valence-corrected chi connectivity index (χ2v) is 5.16. The summed E-state index contributed by atoms with van der Waals surface area (Å²) in [5.74, 6) is 6.19. The Hall–Kier alpha value is -1.79. The summed E-state index contributed by atoms with van der Waals surface area (Å²) in [4.78, 5) is 12.0. The summed E-state index contributed by atoms with van der Waals surface area (Å²) in [5.41, 5.74) is 2.63. The third kappa shape index (κ3) is 3.84. The van der Waals surface area contributed by atoms with Gasteiger partial charge in [0.15, 0.2) is 0 Å². The summed E-state index contributed by atoms with van der Waals surface area (Å²) in [7, 11) is 0. The molecular formula is C16H19NO2. The van der Waals surface area contributed by atoms with Crippen LogP contribution in [0.3, 0.4) is 0 Å². The van der Waals surface area contributed by atoms with Crippen LogP contribution in [0.2, 0.25) is 0 Å². The van der Waals surface area contributed by atoms with Gasteiger partial charge in [0.05, 0.1) is 0 Å². The summed E-state index contributed by atoms with van der Waals surface area (Å²) in [5, 5.41) is 11.7. The third-order valence-corrected chi connectivity index (χ3v) is 3.40. The van der Waals surface area contributed by atoms with Crippen LogP contribution in [0, 0.1) is 30.6 Å². The van der Waals surface area contributed by atoms with E-state index < -0.39 is 0 Å². The molecule has 1 aromatic carbocycles. The second-order valence-electron chi connectivity index (χ2n) is 5.16. The molecule has 0 aromatic heterocycles. The number of carbonyl (C=O) groups excluding carboxylic acids is 1. The molecule has 0 aliphatic heterocycles. The number of aliphatic hydroxyl groups excluding tert-OH is 1. The zero-order valence-corrected chi connectivity index (χ0v) is 11.4. The van der Waals surface area contributed by atoms with Gasteiger partial charge in [-0.25, -0.2) is 0 Å². The van der Waals surface area contributed by atoms with Crippen LogP contribution in [-0.2, 0) is 4.79 Å². The second kappa shape index (κ2) is 5.90. The van der Waals surface area contributed by atoms with E-state index in [0.29, 0.717) is 5.92 Å². The van der Waals surface area contributed by atoms with Crippen LogP contribution in [0.1, 0.15) is 30.9 Å². The first kappa shape index (κ1) is 13.6. The van der Waals surface area contributed by atoms with Gasteiger partial charge >= 0.3 is 0 Å². The van der Waals surface area contributed by atoms with Gasteiger partial charge in [0.2, 0.25) is 5.91 Å². The molecule has 1 unspecified atom stereocenters. The molecule has 1 aliphatic carbocycles. The summed E-state index contributed by atoms with van der Waals surface area (Å²) in [6.07, 6.45) is 2.32. The van der Waals surface area contributed by atoms with Crippen LogP contribution in [0.15, 0.2) is 18.2 Å². The highest BCUT2D eigenvalue weighted by Gasteiger charge is 2.32. The number of anilines is 1. The van der Waals surface area contributed by atoms with Gasteiger partial charge in [-0.2, -0.15) is 0 Å². The maximum Gasteiger partial charge on any atom is 0.227 e. The van der Waals surface area contributed by atoms with Crippen LogP contribution in [0.4, 0.5) is 5.69 Å². The van der Waals surface area contributed by atoms with Crippen LogP contribution in [0.5, 0.6) is 0 Å². The molecular weight excluding hydrogens is 238 g/mol. The predicted molar refractivity (Wildman–Crippen MR) is 75.7 cm³/mol. The molecule has 2 N–H and O–H groups in total. The minimum Gasteiger partial charge on any atom is -0.384 e. The van der Waals surface area contributed by atoms with Gasteiger partial charge in [-0.05, 0) is 49.4 Å². The number of aryl methyl sites for hydroxylation is 1. The first-order valence-electron chi connectivity index (χ1n) is 6.62. The van der Waals surface area contributed by atoms with Gasteiger partial charge in [-0.1, -0.05) is 18.8 Å². The zero-order chi connectivity index (χ0) is 13.8. The minimum atomic E-state index is -0.158. The molecule has 1 aromatic rings. The summed E-state index contributed by atoms with van der Waals surface area (Å²) >= 11 is 0. The molecule has 1 fully saturated rings. The average molecular weight is 257 g/mol. The third-order valence-electron chi connectivity index (χ3n) is 3.40. The topological polar surface area (TPSA) is 49.3 Å². The van der Waals surface area contributed by atoms with E-state index in [2.05, 4.69) is 17.2 Å². The fourth-order valence-electron chi connectivity index (χ4n) is 2.14. The van der Waals surface area contributed by atoms with Crippen molar-refractivity contribution in [1.82, 2.24) is 0 Å². The van der Waals surface area contributed by atoms with Crippen molar-refractivity contribution in [3.63, 3.8) is 0 Å². The Morgan fingerprint density at radius 2 is 2.21 bits per heavy atom. The average Bonchev–Trinajstić information content (AvgIpc) is 3.19. The summed E-state index contributed by atoms with van der Waals surface area (Å²) in [6.45, 7) is 3.79. The maximum atomic E-state index is 12.0. The number of nitrogens with one attached hydrogen (secondary N) is 1. The van der Waals surface area contributed by atoms with Gasteiger partial charge in [-0.15, -0.1) is 0 Å². The predicted octanol–water partition coefficient (Wildman–Crippen LogP) is 2.32. The number of benzene rings is 1. The van der Waals surface area contributed by atoms with E-state index in [1.54, 1.807) is 0 Å². The van der Waals surface area contributed by atoms with Gasteiger partial charge < -0.3 is 10.4 Å². The van der Waals surface area contributed by atoms with E-state index in [4.69, 9.17) is 5.11 Å². The molecule has 1 amide bonds. The first-order chi connectivity index (χ1) is 9.10. The van der Waals surface area contributed by atoms with Crippen molar-refractivity contribution in [2.75, 3.05) is 11.9 Å². The lowest BCUT2D eigenvalue weighted by Gasteiger charge is -2.12. The number of hydrogen-bond acceptors (Lipinski definition) is 2. The Bertz CT molecular complexity index is 535. The van der Waals surface area contributed by atoms with Crippen molar-refractivity contribution in [2.45, 2.75) is 26.7 Å². The highest BCUT2D eigenvalue weighted by atomic mass is 16.2. The molecule has 0 radical (unpaired) electrons.